The molecule has 1 saturated heterocycles. The molecule has 7 nitrogen and oxygen atoms in total. The third-order valence-corrected chi connectivity index (χ3v) is 7.38. The molecule has 1 saturated carbocycles. The summed E-state index contributed by atoms with van der Waals surface area (Å²) in [4.78, 5) is 46.1. The third kappa shape index (κ3) is 4.57. The summed E-state index contributed by atoms with van der Waals surface area (Å²) in [6, 6.07) is 13.4. The fourth-order valence-corrected chi connectivity index (χ4v) is 5.33. The largest absolute Gasteiger partial charge is 0.336 e. The van der Waals surface area contributed by atoms with Crippen molar-refractivity contribution in [3.63, 3.8) is 0 Å². The maximum Gasteiger partial charge on any atom is 0.329 e. The molecule has 2 aromatic carbocycles. The van der Waals surface area contributed by atoms with E-state index < -0.39 is 5.69 Å². The van der Waals surface area contributed by atoms with Crippen molar-refractivity contribution in [2.75, 3.05) is 26.2 Å². The third-order valence-electron chi connectivity index (χ3n) is 7.38. The molecule has 0 bridgehead atoms. The van der Waals surface area contributed by atoms with Gasteiger partial charge in [0, 0.05) is 37.8 Å². The summed E-state index contributed by atoms with van der Waals surface area (Å²) in [5.41, 5.74) is 2.10. The van der Waals surface area contributed by atoms with Gasteiger partial charge in [0.05, 0.1) is 17.4 Å². The van der Waals surface area contributed by atoms with Crippen LogP contribution in [0.5, 0.6) is 0 Å². The molecule has 3 aromatic rings. The minimum absolute atomic E-state index is 0.0464. The number of nitrogens with zero attached hydrogens (tertiary/aromatic N) is 3. The topological polar surface area (TPSA) is 78.4 Å². The number of amides is 1. The maximum absolute atomic E-state index is 13.2. The molecule has 2 aliphatic rings. The van der Waals surface area contributed by atoms with Crippen molar-refractivity contribution in [1.82, 2.24) is 19.4 Å². The molecule has 0 unspecified atom stereocenters. The van der Waals surface area contributed by atoms with Crippen LogP contribution < -0.4 is 11.2 Å². The Morgan fingerprint density at radius 1 is 0.941 bits per heavy atom. The van der Waals surface area contributed by atoms with Gasteiger partial charge in [-0.3, -0.25) is 19.1 Å². The SMILES string of the molecule is Cc1ccc(Cn2c(=O)[nH]c3cc(C(=O)N4CCN(C5CCCCC5)CC4)ccc3c2=O)cc1. The number of aromatic nitrogens is 2. The monoisotopic (exact) mass is 460 g/mol. The predicted octanol–water partition coefficient (Wildman–Crippen LogP) is 3.14. The number of fused-ring (bicyclic) bond motifs is 1. The van der Waals surface area contributed by atoms with Crippen LogP contribution in [0.1, 0.15) is 53.6 Å². The first-order valence-electron chi connectivity index (χ1n) is 12.4. The lowest BCUT2D eigenvalue weighted by Crippen LogP contribution is -2.52. The first-order chi connectivity index (χ1) is 16.5. The summed E-state index contributed by atoms with van der Waals surface area (Å²) in [6.45, 7) is 5.43. The smallest absolute Gasteiger partial charge is 0.329 e. The lowest BCUT2D eigenvalue weighted by atomic mass is 9.94. The second kappa shape index (κ2) is 9.58. The fourth-order valence-electron chi connectivity index (χ4n) is 5.33. The van der Waals surface area contributed by atoms with E-state index in [2.05, 4.69) is 9.88 Å². The van der Waals surface area contributed by atoms with E-state index in [1.54, 1.807) is 18.2 Å². The van der Waals surface area contributed by atoms with Crippen LogP contribution in [0.25, 0.3) is 10.9 Å². The van der Waals surface area contributed by atoms with Crippen molar-refractivity contribution in [3.8, 4) is 0 Å². The number of rotatable bonds is 4. The number of aromatic amines is 1. The lowest BCUT2D eigenvalue weighted by Gasteiger charge is -2.40. The first kappa shape index (κ1) is 22.6. The second-order valence-electron chi connectivity index (χ2n) is 9.69. The predicted molar refractivity (Wildman–Crippen MR) is 133 cm³/mol. The quantitative estimate of drug-likeness (QED) is 0.649. The zero-order valence-electron chi connectivity index (χ0n) is 19.8. The van der Waals surface area contributed by atoms with Crippen molar-refractivity contribution < 1.29 is 4.79 Å². The van der Waals surface area contributed by atoms with Crippen LogP contribution in [0.3, 0.4) is 0 Å². The highest BCUT2D eigenvalue weighted by Crippen LogP contribution is 2.24. The summed E-state index contributed by atoms with van der Waals surface area (Å²) >= 11 is 0. The Morgan fingerprint density at radius 3 is 2.35 bits per heavy atom. The number of hydrogen-bond donors (Lipinski definition) is 1. The zero-order chi connectivity index (χ0) is 23.7. The van der Waals surface area contributed by atoms with E-state index in [0.29, 0.717) is 35.6 Å². The van der Waals surface area contributed by atoms with E-state index in [4.69, 9.17) is 0 Å². The van der Waals surface area contributed by atoms with Gasteiger partial charge >= 0.3 is 5.69 Å². The first-order valence-corrected chi connectivity index (χ1v) is 12.4. The summed E-state index contributed by atoms with van der Waals surface area (Å²) in [6.07, 6.45) is 6.51. The number of nitrogens with one attached hydrogen (secondary N) is 1. The van der Waals surface area contributed by atoms with Gasteiger partial charge in [-0.2, -0.15) is 0 Å². The minimum atomic E-state index is -0.469. The van der Waals surface area contributed by atoms with Gasteiger partial charge in [0.15, 0.2) is 0 Å². The molecule has 0 radical (unpaired) electrons. The van der Waals surface area contributed by atoms with Gasteiger partial charge in [-0.1, -0.05) is 49.1 Å². The minimum Gasteiger partial charge on any atom is -0.336 e. The Kier molecular flexibility index (Phi) is 6.37. The van der Waals surface area contributed by atoms with Crippen molar-refractivity contribution >= 4 is 16.8 Å². The molecule has 0 spiro atoms. The molecule has 1 aliphatic heterocycles. The molecular weight excluding hydrogens is 428 g/mol. The molecule has 1 aromatic heterocycles. The zero-order valence-corrected chi connectivity index (χ0v) is 19.8. The summed E-state index contributed by atoms with van der Waals surface area (Å²) < 4.78 is 1.21. The summed E-state index contributed by atoms with van der Waals surface area (Å²) in [7, 11) is 0. The van der Waals surface area contributed by atoms with Crippen molar-refractivity contribution in [3.05, 3.63) is 80.0 Å². The summed E-state index contributed by atoms with van der Waals surface area (Å²) in [5, 5.41) is 0.408. The Bertz CT molecular complexity index is 1290. The van der Waals surface area contributed by atoms with Crippen LogP contribution >= 0.6 is 0 Å². The Hall–Kier alpha value is -3.19. The molecule has 1 amide bonds. The molecule has 1 N–H and O–H groups in total. The van der Waals surface area contributed by atoms with Gasteiger partial charge < -0.3 is 9.88 Å². The van der Waals surface area contributed by atoms with Crippen molar-refractivity contribution in [1.29, 1.82) is 0 Å². The van der Waals surface area contributed by atoms with Crippen LogP contribution in [0.2, 0.25) is 0 Å². The van der Waals surface area contributed by atoms with Gasteiger partial charge in [0.1, 0.15) is 0 Å². The Balaban J connectivity index is 1.33. The van der Waals surface area contributed by atoms with Crippen LogP contribution in [-0.4, -0.2) is 57.5 Å². The molecule has 7 heteroatoms. The lowest BCUT2D eigenvalue weighted by molar-refractivity contribution is 0.0523. The molecule has 1 aliphatic carbocycles. The second-order valence-corrected chi connectivity index (χ2v) is 9.69. The molecule has 0 atom stereocenters. The van der Waals surface area contributed by atoms with Crippen molar-refractivity contribution in [2.24, 2.45) is 0 Å². The normalized spacial score (nSPS) is 17.9. The molecule has 5 rings (SSSR count). The van der Waals surface area contributed by atoms with E-state index in [1.165, 1.54) is 36.7 Å². The van der Waals surface area contributed by atoms with Crippen LogP contribution in [-0.2, 0) is 6.54 Å². The number of benzene rings is 2. The highest BCUT2D eigenvalue weighted by atomic mass is 16.2. The number of hydrogen-bond acceptors (Lipinski definition) is 4. The van der Waals surface area contributed by atoms with Crippen LogP contribution in [0.4, 0.5) is 0 Å². The van der Waals surface area contributed by atoms with E-state index in [0.717, 1.165) is 24.2 Å². The molecule has 2 fully saturated rings. The number of piperazine rings is 1. The molecule has 34 heavy (non-hydrogen) atoms. The highest BCUT2D eigenvalue weighted by molar-refractivity contribution is 5.97. The van der Waals surface area contributed by atoms with Crippen LogP contribution in [0, 0.1) is 6.92 Å². The number of carbonyl (C=O) groups excluding carboxylic acids is 1. The standard InChI is InChI=1S/C27H32N4O3/c1-19-7-9-20(10-8-19)18-31-26(33)23-12-11-21(17-24(23)28-27(31)34)25(32)30-15-13-29(14-16-30)22-5-3-2-4-6-22/h7-12,17,22H,2-6,13-16,18H2,1H3,(H,28,34). The number of carbonyl (C=O) groups is 1. The maximum atomic E-state index is 13.2. The van der Waals surface area contributed by atoms with E-state index >= 15 is 0 Å². The van der Waals surface area contributed by atoms with Gasteiger partial charge in [0.2, 0.25) is 0 Å². The van der Waals surface area contributed by atoms with Gasteiger partial charge in [-0.05, 0) is 43.5 Å². The van der Waals surface area contributed by atoms with E-state index in [1.807, 2.05) is 36.1 Å². The van der Waals surface area contributed by atoms with E-state index in [9.17, 15) is 14.4 Å². The molecular formula is C27H32N4O3. The van der Waals surface area contributed by atoms with Gasteiger partial charge in [0.25, 0.3) is 11.5 Å². The van der Waals surface area contributed by atoms with Gasteiger partial charge in [-0.15, -0.1) is 0 Å². The molecule has 178 valence electrons. The van der Waals surface area contributed by atoms with E-state index in [-0.39, 0.29) is 18.0 Å². The average Bonchev–Trinajstić information content (AvgIpc) is 2.87. The molecule has 2 heterocycles. The fraction of sp³-hybridized carbons (Fsp3) is 0.444. The Labute approximate surface area is 199 Å². The highest BCUT2D eigenvalue weighted by Gasteiger charge is 2.27. The summed E-state index contributed by atoms with van der Waals surface area (Å²) in [5.74, 6) is -0.0464. The number of H-pyrrole nitrogens is 1. The number of aryl methyl sites for hydroxylation is 1. The Morgan fingerprint density at radius 2 is 1.65 bits per heavy atom. The van der Waals surface area contributed by atoms with Crippen molar-refractivity contribution in [2.45, 2.75) is 51.6 Å². The van der Waals surface area contributed by atoms with Gasteiger partial charge in [-0.25, -0.2) is 4.79 Å². The van der Waals surface area contributed by atoms with Crippen LogP contribution in [0.15, 0.2) is 52.1 Å². The average molecular weight is 461 g/mol.